The molecule has 0 unspecified atom stereocenters. The summed E-state index contributed by atoms with van der Waals surface area (Å²) in [5, 5.41) is 0. The molecule has 8 heteroatoms. The molecule has 0 radical (unpaired) electrons. The summed E-state index contributed by atoms with van der Waals surface area (Å²) in [6, 6.07) is 5.85. The highest BCUT2D eigenvalue weighted by molar-refractivity contribution is 7.89. The van der Waals surface area contributed by atoms with Crippen LogP contribution in [0.1, 0.15) is 12.8 Å². The zero-order chi connectivity index (χ0) is 17.2. The second-order valence-corrected chi connectivity index (χ2v) is 7.45. The zero-order valence-electron chi connectivity index (χ0n) is 12.7. The molecular formula is C16H16F2N2O3S. The fourth-order valence-electron chi connectivity index (χ4n) is 2.63. The van der Waals surface area contributed by atoms with Gasteiger partial charge in [0.1, 0.15) is 23.5 Å². The molecule has 5 nitrogen and oxygen atoms in total. The van der Waals surface area contributed by atoms with Gasteiger partial charge in [-0.05, 0) is 37.1 Å². The van der Waals surface area contributed by atoms with E-state index < -0.39 is 21.7 Å². The maximum Gasteiger partial charge on any atom is 0.243 e. The lowest BCUT2D eigenvalue weighted by Crippen LogP contribution is -2.41. The number of hydrogen-bond donors (Lipinski definition) is 0. The van der Waals surface area contributed by atoms with Gasteiger partial charge in [0.25, 0.3) is 0 Å². The van der Waals surface area contributed by atoms with Crippen molar-refractivity contribution in [2.75, 3.05) is 13.1 Å². The van der Waals surface area contributed by atoms with Gasteiger partial charge in [0.15, 0.2) is 0 Å². The van der Waals surface area contributed by atoms with E-state index in [0.29, 0.717) is 24.7 Å². The largest absolute Gasteiger partial charge is 0.489 e. The number of aromatic nitrogens is 1. The van der Waals surface area contributed by atoms with Gasteiger partial charge in [0.2, 0.25) is 10.0 Å². The Labute approximate surface area is 138 Å². The number of piperidine rings is 1. The third-order valence-corrected chi connectivity index (χ3v) is 5.69. The summed E-state index contributed by atoms with van der Waals surface area (Å²) in [5.74, 6) is -1.20. The Hall–Kier alpha value is -2.06. The van der Waals surface area contributed by atoms with Crippen LogP contribution in [-0.4, -0.2) is 36.9 Å². The van der Waals surface area contributed by atoms with Crippen molar-refractivity contribution >= 4 is 10.0 Å². The van der Waals surface area contributed by atoms with Gasteiger partial charge in [0.05, 0.1) is 11.1 Å². The predicted molar refractivity (Wildman–Crippen MR) is 83.0 cm³/mol. The van der Waals surface area contributed by atoms with Crippen LogP contribution in [-0.2, 0) is 10.0 Å². The molecule has 0 spiro atoms. The van der Waals surface area contributed by atoms with Crippen LogP contribution in [0.3, 0.4) is 0 Å². The number of halogens is 2. The fourth-order valence-corrected chi connectivity index (χ4v) is 4.14. The molecule has 0 saturated carbocycles. The lowest BCUT2D eigenvalue weighted by Gasteiger charge is -2.31. The van der Waals surface area contributed by atoms with Crippen molar-refractivity contribution in [2.24, 2.45) is 0 Å². The molecule has 3 rings (SSSR count). The summed E-state index contributed by atoms with van der Waals surface area (Å²) in [5.41, 5.74) is 0. The number of ether oxygens (including phenoxy) is 1. The lowest BCUT2D eigenvalue weighted by atomic mass is 10.1. The fraction of sp³-hybridized carbons (Fsp3) is 0.312. The molecule has 0 aliphatic carbocycles. The first-order valence-electron chi connectivity index (χ1n) is 7.48. The molecule has 0 N–H and O–H groups in total. The molecule has 2 aromatic rings. The van der Waals surface area contributed by atoms with Crippen molar-refractivity contribution < 1.29 is 21.9 Å². The Morgan fingerprint density at radius 1 is 1.12 bits per heavy atom. The molecule has 1 aliphatic heterocycles. The van der Waals surface area contributed by atoms with Crippen molar-refractivity contribution in [2.45, 2.75) is 23.8 Å². The van der Waals surface area contributed by atoms with Gasteiger partial charge in [0, 0.05) is 25.4 Å². The van der Waals surface area contributed by atoms with E-state index >= 15 is 0 Å². The van der Waals surface area contributed by atoms with E-state index in [1.54, 1.807) is 24.5 Å². The second kappa shape index (κ2) is 6.82. The Bertz CT molecular complexity index is 787. The summed E-state index contributed by atoms with van der Waals surface area (Å²) in [7, 11) is -3.92. The predicted octanol–water partition coefficient (Wildman–Crippen LogP) is 2.59. The molecule has 1 saturated heterocycles. The molecule has 0 atom stereocenters. The van der Waals surface area contributed by atoms with Crippen LogP contribution in [0.25, 0.3) is 0 Å². The van der Waals surface area contributed by atoms with Gasteiger partial charge in [-0.15, -0.1) is 0 Å². The van der Waals surface area contributed by atoms with Crippen molar-refractivity contribution in [3.8, 4) is 5.75 Å². The van der Waals surface area contributed by atoms with E-state index in [-0.39, 0.29) is 24.1 Å². The van der Waals surface area contributed by atoms with Crippen LogP contribution in [0, 0.1) is 11.6 Å². The van der Waals surface area contributed by atoms with Crippen molar-refractivity contribution in [1.82, 2.24) is 9.29 Å². The lowest BCUT2D eigenvalue weighted by molar-refractivity contribution is 0.134. The number of pyridine rings is 1. The molecule has 1 fully saturated rings. The molecule has 128 valence electrons. The van der Waals surface area contributed by atoms with Crippen molar-refractivity contribution in [3.63, 3.8) is 0 Å². The molecule has 0 bridgehead atoms. The van der Waals surface area contributed by atoms with Crippen LogP contribution in [0.15, 0.2) is 47.6 Å². The van der Waals surface area contributed by atoms with Gasteiger partial charge in [-0.3, -0.25) is 4.98 Å². The molecule has 1 aromatic heterocycles. The van der Waals surface area contributed by atoms with Crippen molar-refractivity contribution in [1.29, 1.82) is 0 Å². The molecule has 2 heterocycles. The van der Waals surface area contributed by atoms with Crippen LogP contribution in [0.5, 0.6) is 5.75 Å². The smallest absolute Gasteiger partial charge is 0.243 e. The average molecular weight is 354 g/mol. The highest BCUT2D eigenvalue weighted by Gasteiger charge is 2.30. The Morgan fingerprint density at radius 3 is 2.38 bits per heavy atom. The summed E-state index contributed by atoms with van der Waals surface area (Å²) in [4.78, 5) is 3.59. The maximum atomic E-state index is 13.3. The second-order valence-electron chi connectivity index (χ2n) is 5.52. The quantitative estimate of drug-likeness (QED) is 0.847. The normalized spacial score (nSPS) is 16.9. The van der Waals surface area contributed by atoms with Crippen LogP contribution >= 0.6 is 0 Å². The number of hydrogen-bond acceptors (Lipinski definition) is 4. The molecular weight excluding hydrogens is 338 g/mol. The van der Waals surface area contributed by atoms with Gasteiger partial charge >= 0.3 is 0 Å². The number of nitrogens with zero attached hydrogens (tertiary/aromatic N) is 2. The SMILES string of the molecule is O=S(=O)(c1cc(F)cc(F)c1)N1CCC(Oc2cccnc2)CC1. The minimum atomic E-state index is -3.92. The third kappa shape index (κ3) is 3.70. The topological polar surface area (TPSA) is 59.5 Å². The molecule has 24 heavy (non-hydrogen) atoms. The van der Waals surface area contributed by atoms with Gasteiger partial charge in [-0.25, -0.2) is 17.2 Å². The average Bonchev–Trinajstić information content (AvgIpc) is 2.55. The summed E-state index contributed by atoms with van der Waals surface area (Å²) in [6.45, 7) is 0.455. The number of rotatable bonds is 4. The maximum absolute atomic E-state index is 13.3. The summed E-state index contributed by atoms with van der Waals surface area (Å²) in [6.07, 6.45) is 4.10. The highest BCUT2D eigenvalue weighted by Crippen LogP contribution is 2.24. The zero-order valence-corrected chi connectivity index (χ0v) is 13.5. The first kappa shape index (κ1) is 16.8. The van der Waals surface area contributed by atoms with E-state index in [0.717, 1.165) is 12.1 Å². The molecule has 1 aliphatic rings. The number of sulfonamides is 1. The third-order valence-electron chi connectivity index (χ3n) is 3.81. The van der Waals surface area contributed by atoms with E-state index in [1.807, 2.05) is 0 Å². The van der Waals surface area contributed by atoms with E-state index in [4.69, 9.17) is 4.74 Å². The van der Waals surface area contributed by atoms with E-state index in [2.05, 4.69) is 4.98 Å². The van der Waals surface area contributed by atoms with E-state index in [1.165, 1.54) is 4.31 Å². The standard InChI is InChI=1S/C16H16F2N2O3S/c17-12-8-13(18)10-16(9-12)24(21,22)20-6-3-14(4-7-20)23-15-2-1-5-19-11-15/h1-2,5,8-11,14H,3-4,6-7H2. The van der Waals surface area contributed by atoms with Crippen LogP contribution in [0.2, 0.25) is 0 Å². The first-order chi connectivity index (χ1) is 11.4. The molecule has 1 aromatic carbocycles. The minimum Gasteiger partial charge on any atom is -0.489 e. The molecule has 0 amide bonds. The minimum absolute atomic E-state index is 0.120. The Kier molecular flexibility index (Phi) is 4.77. The van der Waals surface area contributed by atoms with Crippen LogP contribution < -0.4 is 4.74 Å². The van der Waals surface area contributed by atoms with Gasteiger partial charge in [-0.1, -0.05) is 0 Å². The monoisotopic (exact) mass is 354 g/mol. The van der Waals surface area contributed by atoms with Gasteiger partial charge in [-0.2, -0.15) is 4.31 Å². The van der Waals surface area contributed by atoms with E-state index in [9.17, 15) is 17.2 Å². The Morgan fingerprint density at radius 2 is 1.79 bits per heavy atom. The number of benzene rings is 1. The highest BCUT2D eigenvalue weighted by atomic mass is 32.2. The Balaban J connectivity index is 1.67. The summed E-state index contributed by atoms with van der Waals surface area (Å²) < 4.78 is 58.5. The van der Waals surface area contributed by atoms with Gasteiger partial charge < -0.3 is 4.74 Å². The van der Waals surface area contributed by atoms with Crippen molar-refractivity contribution in [3.05, 3.63) is 54.4 Å². The van der Waals surface area contributed by atoms with Crippen LogP contribution in [0.4, 0.5) is 8.78 Å². The first-order valence-corrected chi connectivity index (χ1v) is 8.92. The summed E-state index contributed by atoms with van der Waals surface area (Å²) >= 11 is 0.